The van der Waals surface area contributed by atoms with Crippen LogP contribution in [0.3, 0.4) is 0 Å². The zero-order valence-electron chi connectivity index (χ0n) is 15.7. The van der Waals surface area contributed by atoms with Crippen molar-refractivity contribution in [3.8, 4) is 11.5 Å². The summed E-state index contributed by atoms with van der Waals surface area (Å²) >= 11 is 0. The zero-order valence-corrected chi connectivity index (χ0v) is 18.0. The summed E-state index contributed by atoms with van der Waals surface area (Å²) in [5.41, 5.74) is 0.910. The van der Waals surface area contributed by atoms with Gasteiger partial charge in [-0.25, -0.2) is 0 Å². The van der Waals surface area contributed by atoms with Crippen LogP contribution in [0.4, 0.5) is 5.69 Å². The maximum absolute atomic E-state index is 5.33. The van der Waals surface area contributed by atoms with Crippen LogP contribution in [-0.4, -0.2) is 58.3 Å². The van der Waals surface area contributed by atoms with E-state index in [1.807, 2.05) is 18.2 Å². The van der Waals surface area contributed by atoms with E-state index in [9.17, 15) is 0 Å². The minimum Gasteiger partial charge on any atom is -0.493 e. The van der Waals surface area contributed by atoms with Crippen molar-refractivity contribution in [1.29, 1.82) is 0 Å². The molecule has 7 heteroatoms. The first-order chi connectivity index (χ1) is 11.7. The van der Waals surface area contributed by atoms with Gasteiger partial charge in [-0.3, -0.25) is 4.99 Å². The van der Waals surface area contributed by atoms with Gasteiger partial charge in [0.25, 0.3) is 0 Å². The number of likely N-dealkylation sites (tertiary alicyclic amines) is 1. The molecular formula is C18H31IN4O2. The standard InChI is InChI=1S/C18H30N4O2.HI/c1-14-6-5-10-22(13-14)11-9-20-18(19-2)21-15-7-8-16(23-3)17(12-15)24-4;/h7-8,12,14H,5-6,9-11,13H2,1-4H3,(H2,19,20,21);1H. The van der Waals surface area contributed by atoms with Gasteiger partial charge in [0.15, 0.2) is 17.5 Å². The highest BCUT2D eigenvalue weighted by Gasteiger charge is 2.15. The third kappa shape index (κ3) is 6.89. The number of hydrogen-bond donors (Lipinski definition) is 2. The average molecular weight is 462 g/mol. The van der Waals surface area contributed by atoms with Crippen LogP contribution < -0.4 is 20.1 Å². The molecule has 0 aromatic heterocycles. The smallest absolute Gasteiger partial charge is 0.195 e. The lowest BCUT2D eigenvalue weighted by molar-refractivity contribution is 0.187. The van der Waals surface area contributed by atoms with Crippen LogP contribution in [0.2, 0.25) is 0 Å². The van der Waals surface area contributed by atoms with E-state index < -0.39 is 0 Å². The van der Waals surface area contributed by atoms with Crippen LogP contribution in [0.15, 0.2) is 23.2 Å². The molecule has 1 fully saturated rings. The number of hydrogen-bond acceptors (Lipinski definition) is 4. The maximum Gasteiger partial charge on any atom is 0.195 e. The molecule has 2 N–H and O–H groups in total. The zero-order chi connectivity index (χ0) is 17.4. The summed E-state index contributed by atoms with van der Waals surface area (Å²) in [6, 6.07) is 5.72. The van der Waals surface area contributed by atoms with E-state index in [1.54, 1.807) is 21.3 Å². The Labute approximate surface area is 168 Å². The van der Waals surface area contributed by atoms with Crippen LogP contribution in [0, 0.1) is 5.92 Å². The van der Waals surface area contributed by atoms with E-state index in [4.69, 9.17) is 9.47 Å². The SMILES string of the molecule is CN=C(NCCN1CCCC(C)C1)Nc1ccc(OC)c(OC)c1.I. The first-order valence-electron chi connectivity index (χ1n) is 8.58. The molecule has 25 heavy (non-hydrogen) atoms. The van der Waals surface area contributed by atoms with Gasteiger partial charge in [-0.2, -0.15) is 0 Å². The number of benzene rings is 1. The highest BCUT2D eigenvalue weighted by molar-refractivity contribution is 14.0. The third-order valence-electron chi connectivity index (χ3n) is 4.33. The van der Waals surface area contributed by atoms with Crippen LogP contribution in [-0.2, 0) is 0 Å². The molecule has 1 aromatic rings. The topological polar surface area (TPSA) is 58.1 Å². The molecule has 0 saturated carbocycles. The predicted molar refractivity (Wildman–Crippen MR) is 115 cm³/mol. The second kappa shape index (κ2) is 11.4. The number of ether oxygens (including phenoxy) is 2. The van der Waals surface area contributed by atoms with Gasteiger partial charge < -0.3 is 25.0 Å². The molecule has 0 aliphatic carbocycles. The van der Waals surface area contributed by atoms with E-state index in [0.29, 0.717) is 11.5 Å². The Balaban J connectivity index is 0.00000312. The lowest BCUT2D eigenvalue weighted by atomic mass is 10.0. The molecule has 1 aromatic carbocycles. The first-order valence-corrected chi connectivity index (χ1v) is 8.58. The monoisotopic (exact) mass is 462 g/mol. The number of aliphatic imine (C=N–C) groups is 1. The van der Waals surface area contributed by atoms with Gasteiger partial charge in [0.1, 0.15) is 0 Å². The van der Waals surface area contributed by atoms with E-state index >= 15 is 0 Å². The van der Waals surface area contributed by atoms with Crippen molar-refractivity contribution in [2.45, 2.75) is 19.8 Å². The molecule has 1 atom stereocenters. The minimum absolute atomic E-state index is 0. The van der Waals surface area contributed by atoms with Gasteiger partial charge in [0, 0.05) is 38.4 Å². The molecule has 0 bridgehead atoms. The van der Waals surface area contributed by atoms with Crippen molar-refractivity contribution < 1.29 is 9.47 Å². The summed E-state index contributed by atoms with van der Waals surface area (Å²) in [5, 5.41) is 6.66. The summed E-state index contributed by atoms with van der Waals surface area (Å²) in [6.45, 7) is 6.64. The van der Waals surface area contributed by atoms with Crippen LogP contribution >= 0.6 is 24.0 Å². The van der Waals surface area contributed by atoms with E-state index in [1.165, 1.54) is 25.9 Å². The number of rotatable bonds is 6. The van der Waals surface area contributed by atoms with Gasteiger partial charge in [-0.15, -0.1) is 24.0 Å². The quantitative estimate of drug-likeness (QED) is 0.387. The molecular weight excluding hydrogens is 431 g/mol. The lowest BCUT2D eigenvalue weighted by Crippen LogP contribution is -2.41. The number of guanidine groups is 1. The Morgan fingerprint density at radius 1 is 1.28 bits per heavy atom. The van der Waals surface area contributed by atoms with Crippen molar-refractivity contribution in [1.82, 2.24) is 10.2 Å². The molecule has 1 aliphatic rings. The number of methoxy groups -OCH3 is 2. The Bertz CT molecular complexity index is 554. The summed E-state index contributed by atoms with van der Waals surface area (Å²) in [7, 11) is 5.04. The number of nitrogens with zero attached hydrogens (tertiary/aromatic N) is 2. The molecule has 1 aliphatic heterocycles. The Morgan fingerprint density at radius 2 is 2.04 bits per heavy atom. The van der Waals surface area contributed by atoms with Gasteiger partial charge >= 0.3 is 0 Å². The van der Waals surface area contributed by atoms with Gasteiger partial charge in [0.2, 0.25) is 0 Å². The van der Waals surface area contributed by atoms with Crippen molar-refractivity contribution in [3.63, 3.8) is 0 Å². The van der Waals surface area contributed by atoms with E-state index in [-0.39, 0.29) is 24.0 Å². The number of piperidine rings is 1. The molecule has 1 saturated heterocycles. The number of anilines is 1. The van der Waals surface area contributed by atoms with Crippen LogP contribution in [0.25, 0.3) is 0 Å². The van der Waals surface area contributed by atoms with Crippen LogP contribution in [0.5, 0.6) is 11.5 Å². The Morgan fingerprint density at radius 3 is 2.68 bits per heavy atom. The van der Waals surface area contributed by atoms with Crippen molar-refractivity contribution in [3.05, 3.63) is 18.2 Å². The van der Waals surface area contributed by atoms with Crippen molar-refractivity contribution in [2.75, 3.05) is 52.8 Å². The molecule has 142 valence electrons. The highest BCUT2D eigenvalue weighted by Crippen LogP contribution is 2.29. The molecule has 0 spiro atoms. The minimum atomic E-state index is 0. The Hall–Kier alpha value is -1.22. The van der Waals surface area contributed by atoms with Gasteiger partial charge in [-0.1, -0.05) is 6.92 Å². The third-order valence-corrected chi connectivity index (χ3v) is 4.33. The maximum atomic E-state index is 5.33. The predicted octanol–water partition coefficient (Wildman–Crippen LogP) is 3.04. The molecule has 6 nitrogen and oxygen atoms in total. The summed E-state index contributed by atoms with van der Waals surface area (Å²) in [5.74, 6) is 2.97. The van der Waals surface area contributed by atoms with Crippen molar-refractivity contribution >= 4 is 35.6 Å². The summed E-state index contributed by atoms with van der Waals surface area (Å²) in [6.07, 6.45) is 2.66. The fourth-order valence-corrected chi connectivity index (χ4v) is 3.05. The van der Waals surface area contributed by atoms with E-state index in [2.05, 4.69) is 27.4 Å². The first kappa shape index (κ1) is 21.8. The molecule has 0 radical (unpaired) electrons. The van der Waals surface area contributed by atoms with Crippen LogP contribution in [0.1, 0.15) is 19.8 Å². The highest BCUT2D eigenvalue weighted by atomic mass is 127. The fourth-order valence-electron chi connectivity index (χ4n) is 3.05. The lowest BCUT2D eigenvalue weighted by Gasteiger charge is -2.30. The van der Waals surface area contributed by atoms with Crippen molar-refractivity contribution in [2.24, 2.45) is 10.9 Å². The number of halogens is 1. The molecule has 1 heterocycles. The van der Waals surface area contributed by atoms with E-state index in [0.717, 1.165) is 30.7 Å². The van der Waals surface area contributed by atoms with Gasteiger partial charge in [0.05, 0.1) is 14.2 Å². The second-order valence-corrected chi connectivity index (χ2v) is 6.24. The summed E-state index contributed by atoms with van der Waals surface area (Å²) in [4.78, 5) is 6.80. The Kier molecular flexibility index (Phi) is 9.96. The second-order valence-electron chi connectivity index (χ2n) is 6.24. The van der Waals surface area contributed by atoms with Gasteiger partial charge in [-0.05, 0) is 37.4 Å². The normalized spacial score (nSPS) is 18.2. The molecule has 1 unspecified atom stereocenters. The number of nitrogens with one attached hydrogen (secondary N) is 2. The molecule has 2 rings (SSSR count). The fraction of sp³-hybridized carbons (Fsp3) is 0.611. The largest absolute Gasteiger partial charge is 0.493 e. The molecule has 0 amide bonds. The average Bonchev–Trinajstić information content (AvgIpc) is 2.60. The summed E-state index contributed by atoms with van der Waals surface area (Å²) < 4.78 is 10.6.